The topological polar surface area (TPSA) is 52.0 Å². The second-order valence-corrected chi connectivity index (χ2v) is 8.94. The number of nitrogens with zero attached hydrogens (tertiary/aromatic N) is 4. The molecule has 1 N–H and O–H groups in total. The van der Waals surface area contributed by atoms with Crippen molar-refractivity contribution in [3.05, 3.63) is 36.0 Å². The number of aryl methyl sites for hydroxylation is 1. The van der Waals surface area contributed by atoms with Crippen LogP contribution in [0.2, 0.25) is 0 Å². The lowest BCUT2D eigenvalue weighted by atomic mass is 9.86. The fourth-order valence-corrected chi connectivity index (χ4v) is 5.13. The number of hydrogen-bond acceptors (Lipinski definition) is 4. The van der Waals surface area contributed by atoms with E-state index < -0.39 is 5.97 Å². The Labute approximate surface area is 173 Å². The molecule has 2 aromatic rings. The van der Waals surface area contributed by atoms with E-state index in [2.05, 4.69) is 63.8 Å². The third-order valence-corrected chi connectivity index (χ3v) is 6.87. The molecule has 4 rings (SSSR count). The van der Waals surface area contributed by atoms with Gasteiger partial charge in [0.15, 0.2) is 0 Å². The molecule has 0 spiro atoms. The number of carboxylic acids is 1. The summed E-state index contributed by atoms with van der Waals surface area (Å²) in [5.74, 6) is -0.240. The van der Waals surface area contributed by atoms with Gasteiger partial charge in [0.2, 0.25) is 0 Å². The lowest BCUT2D eigenvalue weighted by molar-refractivity contribution is -0.137. The van der Waals surface area contributed by atoms with Crippen LogP contribution in [-0.2, 0) is 18.4 Å². The maximum Gasteiger partial charge on any atom is 0.303 e. The van der Waals surface area contributed by atoms with Crippen molar-refractivity contribution in [1.29, 1.82) is 0 Å². The Kier molecular flexibility index (Phi) is 6.23. The largest absolute Gasteiger partial charge is 0.481 e. The molecule has 158 valence electrons. The zero-order chi connectivity index (χ0) is 20.4. The van der Waals surface area contributed by atoms with Gasteiger partial charge in [-0.15, -0.1) is 0 Å². The van der Waals surface area contributed by atoms with Crippen molar-refractivity contribution in [2.75, 3.05) is 46.3 Å². The maximum absolute atomic E-state index is 11.2. The standard InChI is InChI=1S/C23H34N4O2/c1-24-11-13-27(14-12-24)21-8-10-26(17-20(21)5-6-23(28)29)16-18-3-4-19-7-9-25(2)22(19)15-18/h3-4,7,9,15,20-21H,5-6,8,10-14,16-17H2,1-2H3,(H,28,29)/t20-,21+/m0/s1. The van der Waals surface area contributed by atoms with Crippen LogP contribution in [0.3, 0.4) is 0 Å². The Morgan fingerprint density at radius 2 is 1.90 bits per heavy atom. The summed E-state index contributed by atoms with van der Waals surface area (Å²) < 4.78 is 2.17. The van der Waals surface area contributed by atoms with Crippen LogP contribution in [-0.4, -0.2) is 82.7 Å². The summed E-state index contributed by atoms with van der Waals surface area (Å²) in [4.78, 5) is 18.8. The van der Waals surface area contributed by atoms with Gasteiger partial charge in [-0.05, 0) is 55.4 Å². The molecule has 2 aliphatic heterocycles. The zero-order valence-electron chi connectivity index (χ0n) is 17.8. The molecule has 0 aliphatic carbocycles. The van der Waals surface area contributed by atoms with Gasteiger partial charge in [0.25, 0.3) is 0 Å². The molecule has 2 atom stereocenters. The average Bonchev–Trinajstić information content (AvgIpc) is 3.08. The summed E-state index contributed by atoms with van der Waals surface area (Å²) in [6, 6.07) is 9.43. The van der Waals surface area contributed by atoms with Gasteiger partial charge in [-0.2, -0.15) is 0 Å². The van der Waals surface area contributed by atoms with Crippen molar-refractivity contribution in [2.24, 2.45) is 13.0 Å². The van der Waals surface area contributed by atoms with Gasteiger partial charge in [-0.25, -0.2) is 0 Å². The lowest BCUT2D eigenvalue weighted by Crippen LogP contribution is -2.56. The highest BCUT2D eigenvalue weighted by Crippen LogP contribution is 2.28. The maximum atomic E-state index is 11.2. The molecule has 1 aromatic carbocycles. The summed E-state index contributed by atoms with van der Waals surface area (Å²) in [5.41, 5.74) is 2.62. The Bertz CT molecular complexity index is 841. The number of piperazine rings is 1. The molecule has 0 radical (unpaired) electrons. The Morgan fingerprint density at radius 1 is 1.10 bits per heavy atom. The number of piperidine rings is 1. The zero-order valence-corrected chi connectivity index (χ0v) is 17.8. The molecule has 1 aromatic heterocycles. The quantitative estimate of drug-likeness (QED) is 0.810. The SMILES string of the molecule is CN1CCN([C@@H]2CCN(Cc3ccc4ccn(C)c4c3)C[C@@H]2CCC(=O)O)CC1. The molecular formula is C23H34N4O2. The molecule has 2 saturated heterocycles. The molecule has 2 fully saturated rings. The third-order valence-electron chi connectivity index (χ3n) is 6.87. The average molecular weight is 399 g/mol. The Balaban J connectivity index is 1.43. The van der Waals surface area contributed by atoms with Crippen LogP contribution in [0.5, 0.6) is 0 Å². The molecule has 6 heteroatoms. The number of aliphatic carboxylic acids is 1. The number of rotatable bonds is 6. The number of aromatic nitrogens is 1. The van der Waals surface area contributed by atoms with Crippen molar-refractivity contribution in [3.8, 4) is 0 Å². The molecule has 6 nitrogen and oxygen atoms in total. The fourth-order valence-electron chi connectivity index (χ4n) is 5.13. The predicted octanol–water partition coefficient (Wildman–Crippen LogP) is 2.48. The number of carboxylic acid groups (broad SMARTS) is 1. The molecule has 3 heterocycles. The van der Waals surface area contributed by atoms with Gasteiger partial charge in [0, 0.05) is 70.5 Å². The molecule has 0 unspecified atom stereocenters. The molecule has 2 aliphatic rings. The van der Waals surface area contributed by atoms with Crippen molar-refractivity contribution < 1.29 is 9.90 Å². The lowest BCUT2D eigenvalue weighted by Gasteiger charge is -2.46. The minimum atomic E-state index is -0.673. The highest BCUT2D eigenvalue weighted by Gasteiger charge is 2.34. The second kappa shape index (κ2) is 8.86. The van der Waals surface area contributed by atoms with E-state index in [0.717, 1.165) is 58.7 Å². The van der Waals surface area contributed by atoms with E-state index in [1.807, 2.05) is 0 Å². The van der Waals surface area contributed by atoms with E-state index in [1.165, 1.54) is 16.5 Å². The van der Waals surface area contributed by atoms with Gasteiger partial charge in [-0.3, -0.25) is 14.6 Å². The molecule has 29 heavy (non-hydrogen) atoms. The first kappa shape index (κ1) is 20.4. The van der Waals surface area contributed by atoms with Gasteiger partial charge in [-0.1, -0.05) is 12.1 Å². The molecule has 0 amide bonds. The summed E-state index contributed by atoms with van der Waals surface area (Å²) >= 11 is 0. The number of fused-ring (bicyclic) bond motifs is 1. The fraction of sp³-hybridized carbons (Fsp3) is 0.609. The minimum absolute atomic E-state index is 0.276. The summed E-state index contributed by atoms with van der Waals surface area (Å²) in [5, 5.41) is 10.5. The molecule has 0 bridgehead atoms. The molecule has 0 saturated carbocycles. The van der Waals surface area contributed by atoms with Crippen molar-refractivity contribution in [1.82, 2.24) is 19.3 Å². The van der Waals surface area contributed by atoms with Crippen LogP contribution < -0.4 is 0 Å². The highest BCUT2D eigenvalue weighted by atomic mass is 16.4. The van der Waals surface area contributed by atoms with E-state index >= 15 is 0 Å². The van der Waals surface area contributed by atoms with Gasteiger partial charge < -0.3 is 14.6 Å². The minimum Gasteiger partial charge on any atom is -0.481 e. The Hall–Kier alpha value is -1.89. The Morgan fingerprint density at radius 3 is 2.66 bits per heavy atom. The normalized spacial score (nSPS) is 24.9. The number of benzene rings is 1. The van der Waals surface area contributed by atoms with E-state index in [4.69, 9.17) is 0 Å². The van der Waals surface area contributed by atoms with Crippen molar-refractivity contribution >= 4 is 16.9 Å². The number of likely N-dealkylation sites (N-methyl/N-ethyl adjacent to an activating group) is 1. The first-order valence-corrected chi connectivity index (χ1v) is 10.9. The predicted molar refractivity (Wildman–Crippen MR) is 116 cm³/mol. The third kappa shape index (κ3) is 4.82. The number of carbonyl (C=O) groups is 1. The molecular weight excluding hydrogens is 364 g/mol. The highest BCUT2D eigenvalue weighted by molar-refractivity contribution is 5.80. The van der Waals surface area contributed by atoms with Crippen molar-refractivity contribution in [3.63, 3.8) is 0 Å². The van der Waals surface area contributed by atoms with Crippen LogP contribution in [0.15, 0.2) is 30.5 Å². The van der Waals surface area contributed by atoms with Gasteiger partial charge in [0.1, 0.15) is 0 Å². The van der Waals surface area contributed by atoms with E-state index in [0.29, 0.717) is 12.0 Å². The summed E-state index contributed by atoms with van der Waals surface area (Å²) in [6.45, 7) is 7.47. The monoisotopic (exact) mass is 398 g/mol. The van der Waals surface area contributed by atoms with Crippen LogP contribution in [0.1, 0.15) is 24.8 Å². The smallest absolute Gasteiger partial charge is 0.303 e. The van der Waals surface area contributed by atoms with Gasteiger partial charge >= 0.3 is 5.97 Å². The van der Waals surface area contributed by atoms with Crippen LogP contribution in [0.4, 0.5) is 0 Å². The number of likely N-dealkylation sites (tertiary alicyclic amines) is 1. The second-order valence-electron chi connectivity index (χ2n) is 8.94. The first-order chi connectivity index (χ1) is 14.0. The van der Waals surface area contributed by atoms with Gasteiger partial charge in [0.05, 0.1) is 0 Å². The van der Waals surface area contributed by atoms with Crippen LogP contribution in [0.25, 0.3) is 10.9 Å². The van der Waals surface area contributed by atoms with Crippen LogP contribution >= 0.6 is 0 Å². The van der Waals surface area contributed by atoms with E-state index in [9.17, 15) is 9.90 Å². The summed E-state index contributed by atoms with van der Waals surface area (Å²) in [6.07, 6.45) is 4.30. The van der Waals surface area contributed by atoms with Crippen LogP contribution in [0, 0.1) is 5.92 Å². The first-order valence-electron chi connectivity index (χ1n) is 10.9. The van der Waals surface area contributed by atoms with Crippen molar-refractivity contribution in [2.45, 2.75) is 31.8 Å². The van der Waals surface area contributed by atoms with E-state index in [-0.39, 0.29) is 6.42 Å². The summed E-state index contributed by atoms with van der Waals surface area (Å²) in [7, 11) is 4.28. The number of hydrogen-bond donors (Lipinski definition) is 1. The van der Waals surface area contributed by atoms with E-state index in [1.54, 1.807) is 0 Å².